The molecule has 4 heteroatoms. The van der Waals surface area contributed by atoms with Crippen LogP contribution in [-0.4, -0.2) is 21.5 Å². The van der Waals surface area contributed by atoms with E-state index in [0.29, 0.717) is 0 Å². The number of benzene rings is 2. The molecule has 156 valence electrons. The van der Waals surface area contributed by atoms with Gasteiger partial charge in [0, 0.05) is 54.1 Å². The summed E-state index contributed by atoms with van der Waals surface area (Å²) in [5.41, 5.74) is 8.95. The van der Waals surface area contributed by atoms with Gasteiger partial charge in [0.1, 0.15) is 0 Å². The standard InChI is InChI=1S/C27H27N3O/c1-18-5-3-6-20(13-18)17-30-26-10-8-21(22-7-4-12-28-16-22)14-24(26)25-15-23(29-19(2)31)9-11-27(25)30/h3-8,10,12-14,16,23H,9,11,15,17H2,1-2H3,(H,29,31)/t23-/m1/s1. The molecule has 4 aromatic rings. The average molecular weight is 410 g/mol. The number of amides is 1. The number of hydrogen-bond donors (Lipinski definition) is 1. The molecule has 0 bridgehead atoms. The molecule has 2 aromatic heterocycles. The van der Waals surface area contributed by atoms with Crippen LogP contribution in [0.15, 0.2) is 67.0 Å². The molecule has 1 N–H and O–H groups in total. The Balaban J connectivity index is 1.64. The number of fused-ring (bicyclic) bond motifs is 3. The molecule has 0 aliphatic heterocycles. The van der Waals surface area contributed by atoms with E-state index >= 15 is 0 Å². The quantitative estimate of drug-likeness (QED) is 0.512. The fraction of sp³-hybridized carbons (Fsp3) is 0.259. The summed E-state index contributed by atoms with van der Waals surface area (Å²) in [6.07, 6.45) is 6.55. The predicted molar refractivity (Wildman–Crippen MR) is 125 cm³/mol. The van der Waals surface area contributed by atoms with E-state index < -0.39 is 0 Å². The van der Waals surface area contributed by atoms with Crippen LogP contribution in [0.25, 0.3) is 22.0 Å². The lowest BCUT2D eigenvalue weighted by atomic mass is 9.90. The number of aryl methyl sites for hydroxylation is 1. The van der Waals surface area contributed by atoms with Gasteiger partial charge in [-0.25, -0.2) is 0 Å². The van der Waals surface area contributed by atoms with Gasteiger partial charge in [0.05, 0.1) is 0 Å². The van der Waals surface area contributed by atoms with Gasteiger partial charge >= 0.3 is 0 Å². The summed E-state index contributed by atoms with van der Waals surface area (Å²) in [7, 11) is 0. The van der Waals surface area contributed by atoms with E-state index in [-0.39, 0.29) is 11.9 Å². The van der Waals surface area contributed by atoms with E-state index in [0.717, 1.165) is 31.4 Å². The number of carbonyl (C=O) groups excluding carboxylic acids is 1. The largest absolute Gasteiger partial charge is 0.353 e. The summed E-state index contributed by atoms with van der Waals surface area (Å²) in [5, 5.41) is 4.43. The van der Waals surface area contributed by atoms with Crippen LogP contribution in [0, 0.1) is 6.92 Å². The maximum absolute atomic E-state index is 11.7. The van der Waals surface area contributed by atoms with Crippen molar-refractivity contribution >= 4 is 16.8 Å². The molecular weight excluding hydrogens is 382 g/mol. The third-order valence-corrected chi connectivity index (χ3v) is 6.29. The molecule has 0 saturated heterocycles. The molecule has 31 heavy (non-hydrogen) atoms. The zero-order valence-corrected chi connectivity index (χ0v) is 18.1. The highest BCUT2D eigenvalue weighted by atomic mass is 16.1. The molecule has 0 radical (unpaired) electrons. The van der Waals surface area contributed by atoms with Crippen molar-refractivity contribution in [2.75, 3.05) is 0 Å². The minimum Gasteiger partial charge on any atom is -0.353 e. The van der Waals surface area contributed by atoms with Gasteiger partial charge < -0.3 is 9.88 Å². The fourth-order valence-corrected chi connectivity index (χ4v) is 4.95. The number of nitrogens with zero attached hydrogens (tertiary/aromatic N) is 2. The Bertz CT molecular complexity index is 1260. The topological polar surface area (TPSA) is 46.9 Å². The van der Waals surface area contributed by atoms with Gasteiger partial charge in [-0.3, -0.25) is 9.78 Å². The number of nitrogens with one attached hydrogen (secondary N) is 1. The predicted octanol–water partition coefficient (Wildman–Crippen LogP) is 5.05. The van der Waals surface area contributed by atoms with Crippen molar-refractivity contribution in [3.8, 4) is 11.1 Å². The number of pyridine rings is 1. The first-order valence-corrected chi connectivity index (χ1v) is 11.0. The van der Waals surface area contributed by atoms with Crippen LogP contribution in [0.4, 0.5) is 0 Å². The summed E-state index contributed by atoms with van der Waals surface area (Å²) in [4.78, 5) is 16.0. The summed E-state index contributed by atoms with van der Waals surface area (Å²) in [6.45, 7) is 4.62. The highest BCUT2D eigenvalue weighted by molar-refractivity contribution is 5.90. The molecule has 0 fully saturated rings. The van der Waals surface area contributed by atoms with E-state index in [1.807, 2.05) is 12.3 Å². The Morgan fingerprint density at radius 2 is 2.03 bits per heavy atom. The van der Waals surface area contributed by atoms with Gasteiger partial charge in [-0.05, 0) is 61.1 Å². The van der Waals surface area contributed by atoms with Crippen molar-refractivity contribution in [3.63, 3.8) is 0 Å². The van der Waals surface area contributed by atoms with Gasteiger partial charge in [-0.2, -0.15) is 0 Å². The highest BCUT2D eigenvalue weighted by Crippen LogP contribution is 2.35. The van der Waals surface area contributed by atoms with Crippen molar-refractivity contribution in [1.29, 1.82) is 0 Å². The Kier molecular flexibility index (Phi) is 5.06. The SMILES string of the molecule is CC(=O)N[C@@H]1CCc2c(c3cc(-c4cccnc4)ccc3n2Cc2cccc(C)c2)C1. The Morgan fingerprint density at radius 3 is 2.81 bits per heavy atom. The molecule has 0 unspecified atom stereocenters. The van der Waals surface area contributed by atoms with E-state index in [2.05, 4.69) is 70.3 Å². The maximum Gasteiger partial charge on any atom is 0.217 e. The van der Waals surface area contributed by atoms with Crippen LogP contribution in [0.5, 0.6) is 0 Å². The molecular formula is C27H27N3O. The molecule has 1 aliphatic rings. The fourth-order valence-electron chi connectivity index (χ4n) is 4.95. The van der Waals surface area contributed by atoms with E-state index in [1.54, 1.807) is 13.1 Å². The number of carbonyl (C=O) groups is 1. The van der Waals surface area contributed by atoms with Gasteiger partial charge in [-0.15, -0.1) is 0 Å². The maximum atomic E-state index is 11.7. The Labute approximate surface area is 182 Å². The smallest absolute Gasteiger partial charge is 0.217 e. The lowest BCUT2D eigenvalue weighted by Gasteiger charge is -2.24. The summed E-state index contributed by atoms with van der Waals surface area (Å²) >= 11 is 0. The molecule has 5 rings (SSSR count). The molecule has 4 nitrogen and oxygen atoms in total. The first kappa shape index (κ1) is 19.6. The third kappa shape index (κ3) is 3.86. The van der Waals surface area contributed by atoms with Crippen LogP contribution < -0.4 is 5.32 Å². The second-order valence-electron chi connectivity index (χ2n) is 8.61. The number of hydrogen-bond acceptors (Lipinski definition) is 2. The first-order valence-electron chi connectivity index (χ1n) is 11.0. The molecule has 0 saturated carbocycles. The second-order valence-corrected chi connectivity index (χ2v) is 8.61. The molecule has 2 aromatic carbocycles. The average Bonchev–Trinajstić information content (AvgIpc) is 3.06. The summed E-state index contributed by atoms with van der Waals surface area (Å²) in [6, 6.07) is 19.8. The van der Waals surface area contributed by atoms with Gasteiger partial charge in [0.15, 0.2) is 0 Å². The van der Waals surface area contributed by atoms with Crippen molar-refractivity contribution in [1.82, 2.24) is 14.9 Å². The number of rotatable bonds is 4. The zero-order valence-electron chi connectivity index (χ0n) is 18.1. The van der Waals surface area contributed by atoms with Crippen LogP contribution >= 0.6 is 0 Å². The molecule has 0 spiro atoms. The third-order valence-electron chi connectivity index (χ3n) is 6.29. The first-order chi connectivity index (χ1) is 15.1. The summed E-state index contributed by atoms with van der Waals surface area (Å²) < 4.78 is 2.48. The van der Waals surface area contributed by atoms with Crippen molar-refractivity contribution < 1.29 is 4.79 Å². The number of aromatic nitrogens is 2. The minimum absolute atomic E-state index is 0.0491. The monoisotopic (exact) mass is 409 g/mol. The van der Waals surface area contributed by atoms with Crippen molar-refractivity contribution in [3.05, 3.63) is 89.4 Å². The molecule has 1 aliphatic carbocycles. The summed E-state index contributed by atoms with van der Waals surface area (Å²) in [5.74, 6) is 0.0491. The van der Waals surface area contributed by atoms with E-state index in [9.17, 15) is 4.79 Å². The van der Waals surface area contributed by atoms with Gasteiger partial charge in [0.2, 0.25) is 5.91 Å². The van der Waals surface area contributed by atoms with Crippen LogP contribution in [-0.2, 0) is 24.2 Å². The van der Waals surface area contributed by atoms with Crippen molar-refractivity contribution in [2.45, 2.75) is 45.7 Å². The lowest BCUT2D eigenvalue weighted by molar-refractivity contribution is -0.119. The zero-order chi connectivity index (χ0) is 21.4. The Hall–Kier alpha value is -3.40. The van der Waals surface area contributed by atoms with Crippen LogP contribution in [0.2, 0.25) is 0 Å². The second kappa shape index (κ2) is 8.03. The van der Waals surface area contributed by atoms with Crippen LogP contribution in [0.3, 0.4) is 0 Å². The van der Waals surface area contributed by atoms with Gasteiger partial charge in [-0.1, -0.05) is 42.0 Å². The molecule has 2 heterocycles. The molecule has 1 amide bonds. The van der Waals surface area contributed by atoms with E-state index in [1.165, 1.54) is 38.9 Å². The Morgan fingerprint density at radius 1 is 1.13 bits per heavy atom. The van der Waals surface area contributed by atoms with E-state index in [4.69, 9.17) is 0 Å². The normalized spacial score (nSPS) is 15.6. The lowest BCUT2D eigenvalue weighted by Crippen LogP contribution is -2.37. The van der Waals surface area contributed by atoms with Gasteiger partial charge in [0.25, 0.3) is 0 Å². The molecule has 1 atom stereocenters. The minimum atomic E-state index is 0.0491. The van der Waals surface area contributed by atoms with Crippen molar-refractivity contribution in [2.24, 2.45) is 0 Å². The van der Waals surface area contributed by atoms with Crippen LogP contribution in [0.1, 0.15) is 35.7 Å². The highest BCUT2D eigenvalue weighted by Gasteiger charge is 2.26.